The van der Waals surface area contributed by atoms with Crippen LogP contribution in [0.15, 0.2) is 40.9 Å². The molecule has 1 heterocycles. The summed E-state index contributed by atoms with van der Waals surface area (Å²) in [5.41, 5.74) is 2.67. The van der Waals surface area contributed by atoms with Gasteiger partial charge in [0.1, 0.15) is 5.69 Å². The van der Waals surface area contributed by atoms with Crippen molar-refractivity contribution in [2.45, 2.75) is 31.6 Å². The highest BCUT2D eigenvalue weighted by Crippen LogP contribution is 2.43. The van der Waals surface area contributed by atoms with Crippen molar-refractivity contribution in [3.8, 4) is 0 Å². The maximum atomic E-state index is 12.7. The molecule has 0 spiro atoms. The molecule has 6 heteroatoms. The van der Waals surface area contributed by atoms with Crippen LogP contribution in [0, 0.1) is 6.92 Å². The summed E-state index contributed by atoms with van der Waals surface area (Å²) < 4.78 is 1.05. The fourth-order valence-corrected chi connectivity index (χ4v) is 3.88. The Hall–Kier alpha value is -2.21. The van der Waals surface area contributed by atoms with E-state index < -0.39 is 0 Å². The molecule has 142 valence electrons. The molecule has 1 aromatic carbocycles. The van der Waals surface area contributed by atoms with Gasteiger partial charge in [-0.1, -0.05) is 34.5 Å². The molecule has 1 aliphatic carbocycles. The van der Waals surface area contributed by atoms with Crippen LogP contribution in [0.3, 0.4) is 0 Å². The van der Waals surface area contributed by atoms with Gasteiger partial charge in [0.15, 0.2) is 0 Å². The summed E-state index contributed by atoms with van der Waals surface area (Å²) in [5, 5.41) is 3.08. The molecule has 0 atom stereocenters. The Kier molecular flexibility index (Phi) is 5.65. The van der Waals surface area contributed by atoms with E-state index in [-0.39, 0.29) is 17.2 Å². The van der Waals surface area contributed by atoms with Crippen LogP contribution < -0.4 is 5.32 Å². The maximum absolute atomic E-state index is 12.7. The van der Waals surface area contributed by atoms with E-state index in [1.807, 2.05) is 12.1 Å². The average Bonchev–Trinajstić information content (AvgIpc) is 2.59. The Bertz CT molecular complexity index is 875. The van der Waals surface area contributed by atoms with Gasteiger partial charge in [-0.05, 0) is 49.6 Å². The molecule has 1 fully saturated rings. The number of hydrogen-bond acceptors (Lipinski definition) is 3. The Morgan fingerprint density at radius 2 is 1.96 bits per heavy atom. The largest absolute Gasteiger partial charge is 0.351 e. The maximum Gasteiger partial charge on any atom is 0.271 e. The number of benzene rings is 1. The van der Waals surface area contributed by atoms with E-state index >= 15 is 0 Å². The van der Waals surface area contributed by atoms with Gasteiger partial charge in [0.05, 0.1) is 11.3 Å². The first-order valence-electron chi connectivity index (χ1n) is 9.06. The minimum absolute atomic E-state index is 0.00159. The van der Waals surface area contributed by atoms with Gasteiger partial charge >= 0.3 is 0 Å². The highest BCUT2D eigenvalue weighted by Gasteiger charge is 2.39. The van der Waals surface area contributed by atoms with Gasteiger partial charge in [0, 0.05) is 30.5 Å². The Morgan fingerprint density at radius 3 is 2.52 bits per heavy atom. The molecule has 0 bridgehead atoms. The second-order valence-corrected chi connectivity index (χ2v) is 8.27. The molecule has 0 saturated heterocycles. The number of carbonyl (C=O) groups is 2. The van der Waals surface area contributed by atoms with Gasteiger partial charge in [0.25, 0.3) is 11.8 Å². The summed E-state index contributed by atoms with van der Waals surface area (Å²) in [6.45, 7) is 2.36. The van der Waals surface area contributed by atoms with Gasteiger partial charge in [-0.2, -0.15) is 0 Å². The van der Waals surface area contributed by atoms with Crippen molar-refractivity contribution in [1.82, 2.24) is 15.2 Å². The third kappa shape index (κ3) is 4.05. The van der Waals surface area contributed by atoms with Crippen molar-refractivity contribution < 1.29 is 9.59 Å². The van der Waals surface area contributed by atoms with Gasteiger partial charge in [-0.15, -0.1) is 0 Å². The summed E-state index contributed by atoms with van der Waals surface area (Å²) in [4.78, 5) is 30.5. The van der Waals surface area contributed by atoms with E-state index in [1.165, 1.54) is 16.9 Å². The summed E-state index contributed by atoms with van der Waals surface area (Å²) in [7, 11) is 3.36. The van der Waals surface area contributed by atoms with Crippen LogP contribution in [0.4, 0.5) is 0 Å². The topological polar surface area (TPSA) is 62.3 Å². The molecule has 2 aromatic rings. The van der Waals surface area contributed by atoms with Gasteiger partial charge in [0.2, 0.25) is 0 Å². The lowest BCUT2D eigenvalue weighted by Gasteiger charge is -2.42. The molecule has 1 aromatic heterocycles. The summed E-state index contributed by atoms with van der Waals surface area (Å²) >= 11 is 3.54. The number of amides is 2. The lowest BCUT2D eigenvalue weighted by molar-refractivity contribution is 0.0820. The van der Waals surface area contributed by atoms with Crippen molar-refractivity contribution in [2.24, 2.45) is 0 Å². The quantitative estimate of drug-likeness (QED) is 0.787. The van der Waals surface area contributed by atoms with Gasteiger partial charge in [-0.3, -0.25) is 9.59 Å². The van der Waals surface area contributed by atoms with Crippen LogP contribution in [0.1, 0.15) is 51.4 Å². The fraction of sp³-hybridized carbons (Fsp3) is 0.381. The number of carbonyl (C=O) groups excluding carboxylic acids is 2. The number of nitrogens with one attached hydrogen (secondary N) is 1. The second kappa shape index (κ2) is 7.80. The van der Waals surface area contributed by atoms with Crippen LogP contribution in [0.5, 0.6) is 0 Å². The molecule has 27 heavy (non-hydrogen) atoms. The molecule has 5 nitrogen and oxygen atoms in total. The van der Waals surface area contributed by atoms with Gasteiger partial charge in [-0.25, -0.2) is 4.98 Å². The molecule has 0 aliphatic heterocycles. The molecule has 0 radical (unpaired) electrons. The lowest BCUT2D eigenvalue weighted by Crippen LogP contribution is -2.45. The molecule has 0 unspecified atom stereocenters. The normalized spacial score (nSPS) is 15.0. The van der Waals surface area contributed by atoms with Crippen molar-refractivity contribution in [3.05, 3.63) is 63.4 Å². The van der Waals surface area contributed by atoms with Crippen LogP contribution in [0.25, 0.3) is 0 Å². The molecular weight excluding hydrogens is 406 g/mol. The van der Waals surface area contributed by atoms with Gasteiger partial charge < -0.3 is 10.2 Å². The second-order valence-electron chi connectivity index (χ2n) is 7.36. The fourth-order valence-electron chi connectivity index (χ4n) is 3.48. The first-order chi connectivity index (χ1) is 12.8. The predicted molar refractivity (Wildman–Crippen MR) is 109 cm³/mol. The zero-order chi connectivity index (χ0) is 19.6. The standard InChI is InChI=1S/C21H24BrN3O2/c1-14-17(8-9-18(24-14)20(27)25(2)3)19(26)23-13-21(10-5-11-21)15-6-4-7-16(22)12-15/h4,6-9,12H,5,10-11,13H2,1-3H3,(H,23,26). The van der Waals surface area contributed by atoms with Crippen LogP contribution in [-0.4, -0.2) is 42.3 Å². The summed E-state index contributed by atoms with van der Waals surface area (Å²) in [6, 6.07) is 11.6. The first-order valence-corrected chi connectivity index (χ1v) is 9.85. The summed E-state index contributed by atoms with van der Waals surface area (Å²) in [6.07, 6.45) is 3.30. The minimum Gasteiger partial charge on any atom is -0.351 e. The van der Waals surface area contributed by atoms with Crippen molar-refractivity contribution >= 4 is 27.7 Å². The number of hydrogen-bond donors (Lipinski definition) is 1. The highest BCUT2D eigenvalue weighted by atomic mass is 79.9. The van der Waals surface area contributed by atoms with Crippen molar-refractivity contribution in [2.75, 3.05) is 20.6 Å². The third-order valence-electron chi connectivity index (χ3n) is 5.29. The highest BCUT2D eigenvalue weighted by molar-refractivity contribution is 9.10. The van der Waals surface area contributed by atoms with Crippen LogP contribution in [-0.2, 0) is 5.41 Å². The Labute approximate surface area is 168 Å². The summed E-state index contributed by atoms with van der Waals surface area (Å²) in [5.74, 6) is -0.321. The van der Waals surface area contributed by atoms with E-state index in [0.717, 1.165) is 17.3 Å². The number of pyridine rings is 1. The SMILES string of the molecule is Cc1nc(C(=O)N(C)C)ccc1C(=O)NCC1(c2cccc(Br)c2)CCC1. The number of aromatic nitrogens is 1. The van der Waals surface area contributed by atoms with Crippen molar-refractivity contribution in [3.63, 3.8) is 0 Å². The molecule has 3 rings (SSSR count). The third-order valence-corrected chi connectivity index (χ3v) is 5.78. The molecule has 1 saturated carbocycles. The smallest absolute Gasteiger partial charge is 0.271 e. The number of aryl methyl sites for hydroxylation is 1. The molecule has 1 aliphatic rings. The van der Waals surface area contributed by atoms with E-state index in [2.05, 4.69) is 38.4 Å². The zero-order valence-corrected chi connectivity index (χ0v) is 17.5. The molecular formula is C21H24BrN3O2. The lowest BCUT2D eigenvalue weighted by atomic mass is 9.64. The zero-order valence-electron chi connectivity index (χ0n) is 15.9. The predicted octanol–water partition coefficient (Wildman–Crippen LogP) is 3.71. The van der Waals surface area contributed by atoms with E-state index in [4.69, 9.17) is 0 Å². The monoisotopic (exact) mass is 429 g/mol. The Balaban J connectivity index is 1.73. The minimum atomic E-state index is -0.173. The molecule has 1 N–H and O–H groups in total. The van der Waals surface area contributed by atoms with Crippen LogP contribution in [0.2, 0.25) is 0 Å². The van der Waals surface area contributed by atoms with Crippen molar-refractivity contribution in [1.29, 1.82) is 0 Å². The number of halogens is 1. The first kappa shape index (κ1) is 19.5. The molecule has 2 amide bonds. The van der Waals surface area contributed by atoms with E-state index in [0.29, 0.717) is 23.5 Å². The van der Waals surface area contributed by atoms with E-state index in [9.17, 15) is 9.59 Å². The van der Waals surface area contributed by atoms with E-state index in [1.54, 1.807) is 33.2 Å². The Morgan fingerprint density at radius 1 is 1.22 bits per heavy atom. The van der Waals surface area contributed by atoms with Crippen LogP contribution >= 0.6 is 15.9 Å². The number of nitrogens with zero attached hydrogens (tertiary/aromatic N) is 2. The number of rotatable bonds is 5. The average molecular weight is 430 g/mol.